The van der Waals surface area contributed by atoms with Gasteiger partial charge in [0, 0.05) is 28.8 Å². The van der Waals surface area contributed by atoms with Gasteiger partial charge in [-0.3, -0.25) is 14.2 Å². The van der Waals surface area contributed by atoms with Gasteiger partial charge in [-0.15, -0.1) is 0 Å². The number of hydrogen-bond donors (Lipinski definition) is 1. The molecule has 40 heavy (non-hydrogen) atoms. The smallest absolute Gasteiger partial charge is 0.264 e. The zero-order valence-corrected chi connectivity index (χ0v) is 25.4. The van der Waals surface area contributed by atoms with Crippen molar-refractivity contribution < 1.29 is 22.3 Å². The van der Waals surface area contributed by atoms with E-state index in [0.29, 0.717) is 41.7 Å². The molecule has 3 aromatic rings. The lowest BCUT2D eigenvalue weighted by molar-refractivity contribution is 0.107. The van der Waals surface area contributed by atoms with Gasteiger partial charge in [-0.2, -0.15) is 8.42 Å². The first-order chi connectivity index (χ1) is 19.0. The van der Waals surface area contributed by atoms with Crippen LogP contribution in [0.1, 0.15) is 71.1 Å². The number of benzene rings is 3. The Kier molecular flexibility index (Phi) is 9.84. The molecule has 0 radical (unpaired) electrons. The lowest BCUT2D eigenvalue weighted by Crippen LogP contribution is -2.38. The van der Waals surface area contributed by atoms with Gasteiger partial charge >= 0.3 is 0 Å². The first-order valence-corrected chi connectivity index (χ1v) is 17.4. The number of rotatable bonds is 11. The van der Waals surface area contributed by atoms with Gasteiger partial charge in [0.2, 0.25) is 12.7 Å². The van der Waals surface area contributed by atoms with Crippen molar-refractivity contribution in [3.63, 3.8) is 0 Å². The van der Waals surface area contributed by atoms with Crippen molar-refractivity contribution in [3.05, 3.63) is 94.5 Å². The number of carbonyl (C=O) groups excluding carboxylic acids is 1. The van der Waals surface area contributed by atoms with E-state index in [1.54, 1.807) is 24.3 Å². The zero-order chi connectivity index (χ0) is 28.9. The average Bonchev–Trinajstić information content (AvgIpc) is 2.94. The third kappa shape index (κ3) is 6.83. The Balaban J connectivity index is 1.77. The quantitative estimate of drug-likeness (QED) is 0.215. The fraction of sp³-hybridized carbons (Fsp3) is 0.406. The van der Waals surface area contributed by atoms with Gasteiger partial charge in [0.25, 0.3) is 10.1 Å². The van der Waals surface area contributed by atoms with Crippen LogP contribution in [0.3, 0.4) is 0 Å². The highest BCUT2D eigenvalue weighted by Gasteiger charge is 2.38. The molecule has 0 spiro atoms. The maximum Gasteiger partial charge on any atom is 0.264 e. The normalized spacial score (nSPS) is 14.9. The Bertz CT molecular complexity index is 1440. The summed E-state index contributed by atoms with van der Waals surface area (Å²) in [5, 5.41) is 1.03. The van der Waals surface area contributed by atoms with Crippen LogP contribution in [0.5, 0.6) is 0 Å². The molecule has 0 bridgehead atoms. The van der Waals surface area contributed by atoms with Gasteiger partial charge < -0.3 is 4.57 Å². The van der Waals surface area contributed by atoms with Crippen LogP contribution in [-0.2, 0) is 21.2 Å². The van der Waals surface area contributed by atoms with Crippen LogP contribution in [-0.4, -0.2) is 41.7 Å². The third-order valence-electron chi connectivity index (χ3n) is 8.17. The highest BCUT2D eigenvalue weighted by Crippen LogP contribution is 2.48. The van der Waals surface area contributed by atoms with Crippen LogP contribution in [0.2, 0.25) is 0 Å². The maximum atomic E-state index is 14.9. The summed E-state index contributed by atoms with van der Waals surface area (Å²) in [5.74, 6) is -0.275. The lowest BCUT2D eigenvalue weighted by atomic mass is 9.91. The predicted molar refractivity (Wildman–Crippen MR) is 163 cm³/mol. The number of aryl methyl sites for hydroxylation is 2. The fourth-order valence-corrected chi connectivity index (χ4v) is 9.21. The summed E-state index contributed by atoms with van der Waals surface area (Å²) in [6.07, 6.45) is 5.88. The monoisotopic (exact) mass is 581 g/mol. The van der Waals surface area contributed by atoms with Gasteiger partial charge in [-0.25, -0.2) is 0 Å². The Morgan fingerprint density at radius 1 is 0.900 bits per heavy atom. The van der Waals surface area contributed by atoms with Crippen molar-refractivity contribution in [2.45, 2.75) is 71.9 Å². The molecule has 1 N–H and O–H groups in total. The van der Waals surface area contributed by atoms with E-state index in [2.05, 4.69) is 4.90 Å². The molecule has 1 saturated carbocycles. The van der Waals surface area contributed by atoms with E-state index >= 15 is 0 Å². The van der Waals surface area contributed by atoms with Crippen LogP contribution in [0, 0.1) is 20.8 Å². The van der Waals surface area contributed by atoms with E-state index in [1.165, 1.54) is 6.42 Å². The van der Waals surface area contributed by atoms with Crippen LogP contribution in [0.4, 0.5) is 0 Å². The molecule has 1 fully saturated rings. The third-order valence-corrected chi connectivity index (χ3v) is 11.8. The number of nitrogens with zero attached hydrogens (tertiary/aromatic N) is 1. The van der Waals surface area contributed by atoms with Crippen molar-refractivity contribution in [2.24, 2.45) is 0 Å². The standard InChI is InChI=1S/C32H40NO5PS/c1-24-22-25(2)31(32(34)39(35,28-16-9-5-10-17-28)29-18-11-6-12-19-29)26(3)30(24)23-33(20-13-21-40(36,37)38)27-14-7-4-8-15-27/h5-6,9-12,16-19,22,27H,4,7-8,13-15,20-21,23H2,1-3H3,(H,36,37,38). The summed E-state index contributed by atoms with van der Waals surface area (Å²) < 4.78 is 47.0. The van der Waals surface area contributed by atoms with Gasteiger partial charge in [0.1, 0.15) is 0 Å². The van der Waals surface area contributed by atoms with E-state index < -0.39 is 17.3 Å². The summed E-state index contributed by atoms with van der Waals surface area (Å²) in [6, 6.07) is 20.4. The number of carbonyl (C=O) groups is 1. The molecule has 1 aliphatic carbocycles. The molecular weight excluding hydrogens is 541 g/mol. The molecule has 0 heterocycles. The molecule has 8 heteroatoms. The van der Waals surface area contributed by atoms with Crippen LogP contribution in [0.15, 0.2) is 66.7 Å². The van der Waals surface area contributed by atoms with Gasteiger partial charge in [-0.05, 0) is 68.8 Å². The Hall–Kier alpha value is -2.57. The minimum absolute atomic E-state index is 0.275. The Morgan fingerprint density at radius 2 is 1.45 bits per heavy atom. The highest BCUT2D eigenvalue weighted by molar-refractivity contribution is 7.93. The molecule has 4 rings (SSSR count). The van der Waals surface area contributed by atoms with Crippen LogP contribution in [0.25, 0.3) is 0 Å². The summed E-state index contributed by atoms with van der Waals surface area (Å²) in [5.41, 5.74) is 3.82. The largest absolute Gasteiger partial charge is 0.305 e. The van der Waals surface area contributed by atoms with E-state index in [-0.39, 0.29) is 11.3 Å². The van der Waals surface area contributed by atoms with Crippen molar-refractivity contribution in [1.82, 2.24) is 4.90 Å². The average molecular weight is 582 g/mol. The van der Waals surface area contributed by atoms with Crippen molar-refractivity contribution >= 4 is 33.4 Å². The fourth-order valence-electron chi connectivity index (χ4n) is 6.11. The molecule has 0 aliphatic heterocycles. The van der Waals surface area contributed by atoms with Gasteiger partial charge in [0.15, 0.2) is 0 Å². The summed E-state index contributed by atoms with van der Waals surface area (Å²) >= 11 is 0. The molecule has 0 unspecified atom stereocenters. The van der Waals surface area contributed by atoms with Crippen molar-refractivity contribution in [2.75, 3.05) is 12.3 Å². The van der Waals surface area contributed by atoms with Gasteiger partial charge in [-0.1, -0.05) is 86.0 Å². The first-order valence-electron chi connectivity index (χ1n) is 14.1. The van der Waals surface area contributed by atoms with E-state index in [9.17, 15) is 22.3 Å². The summed E-state index contributed by atoms with van der Waals surface area (Å²) in [7, 11) is -7.70. The topological polar surface area (TPSA) is 91.8 Å². The lowest BCUT2D eigenvalue weighted by Gasteiger charge is -2.35. The molecular formula is C32H40NO5PS. The predicted octanol–water partition coefficient (Wildman–Crippen LogP) is 6.18. The highest BCUT2D eigenvalue weighted by atomic mass is 32.2. The second-order valence-electron chi connectivity index (χ2n) is 11.0. The minimum atomic E-state index is -4.03. The summed E-state index contributed by atoms with van der Waals surface area (Å²) in [6.45, 7) is 6.99. The molecule has 3 aromatic carbocycles. The molecule has 0 atom stereocenters. The molecule has 0 aromatic heterocycles. The van der Waals surface area contributed by atoms with Crippen molar-refractivity contribution in [1.29, 1.82) is 0 Å². The van der Waals surface area contributed by atoms with Crippen LogP contribution >= 0.6 is 7.14 Å². The molecule has 214 valence electrons. The summed E-state index contributed by atoms with van der Waals surface area (Å²) in [4.78, 5) is 16.8. The maximum absolute atomic E-state index is 14.9. The molecule has 0 saturated heterocycles. The second-order valence-corrected chi connectivity index (χ2v) is 15.2. The Labute approximate surface area is 238 Å². The van der Waals surface area contributed by atoms with Crippen LogP contribution < -0.4 is 10.6 Å². The SMILES string of the molecule is Cc1cc(C)c(C(=O)P(=O)(c2ccccc2)c2ccccc2)c(C)c1CN(CCCS(=O)(=O)O)C1CCCCC1. The molecule has 0 amide bonds. The molecule has 1 aliphatic rings. The van der Waals surface area contributed by atoms with Crippen molar-refractivity contribution in [3.8, 4) is 0 Å². The van der Waals surface area contributed by atoms with E-state index in [4.69, 9.17) is 0 Å². The zero-order valence-electron chi connectivity index (χ0n) is 23.7. The Morgan fingerprint density at radius 3 is 1.98 bits per heavy atom. The number of hydrogen-bond acceptors (Lipinski definition) is 5. The first kappa shape index (κ1) is 30.4. The minimum Gasteiger partial charge on any atom is -0.305 e. The van der Waals surface area contributed by atoms with Gasteiger partial charge in [0.05, 0.1) is 5.75 Å². The van der Waals surface area contributed by atoms with E-state index in [1.807, 2.05) is 63.2 Å². The van der Waals surface area contributed by atoms with E-state index in [0.717, 1.165) is 47.9 Å². The molecule has 6 nitrogen and oxygen atoms in total. The second kappa shape index (κ2) is 12.9.